The first-order valence-corrected chi connectivity index (χ1v) is 7.88. The fraction of sp³-hybridized carbons (Fsp3) is 0.294. The Morgan fingerprint density at radius 2 is 1.79 bits per heavy atom. The zero-order valence-electron chi connectivity index (χ0n) is 11.8. The van der Waals surface area contributed by atoms with Crippen LogP contribution in [-0.4, -0.2) is 6.26 Å². The molecule has 0 amide bonds. The molecular formula is C17H21NS. The van der Waals surface area contributed by atoms with Gasteiger partial charge in [-0.15, -0.1) is 11.8 Å². The van der Waals surface area contributed by atoms with Crippen molar-refractivity contribution in [2.45, 2.75) is 31.2 Å². The Morgan fingerprint density at radius 1 is 1.05 bits per heavy atom. The van der Waals surface area contributed by atoms with Gasteiger partial charge in [0.05, 0.1) is 0 Å². The third kappa shape index (κ3) is 4.03. The smallest absolute Gasteiger partial charge is 0.0400 e. The van der Waals surface area contributed by atoms with E-state index in [4.69, 9.17) is 0 Å². The first kappa shape index (κ1) is 14.0. The molecule has 0 radical (unpaired) electrons. The molecule has 1 N–H and O–H groups in total. The number of rotatable bonds is 5. The van der Waals surface area contributed by atoms with Crippen molar-refractivity contribution in [3.63, 3.8) is 0 Å². The van der Waals surface area contributed by atoms with Gasteiger partial charge in [0, 0.05) is 17.1 Å². The fourth-order valence-corrected chi connectivity index (χ4v) is 2.42. The van der Waals surface area contributed by atoms with Crippen LogP contribution in [0.2, 0.25) is 0 Å². The van der Waals surface area contributed by atoms with Gasteiger partial charge in [-0.1, -0.05) is 44.2 Å². The molecule has 19 heavy (non-hydrogen) atoms. The number of thioether (sulfide) groups is 1. The van der Waals surface area contributed by atoms with Crippen molar-refractivity contribution in [1.82, 2.24) is 0 Å². The molecule has 2 heteroatoms. The van der Waals surface area contributed by atoms with E-state index in [2.05, 4.69) is 74.0 Å². The molecule has 1 nitrogen and oxygen atoms in total. The summed E-state index contributed by atoms with van der Waals surface area (Å²) in [6, 6.07) is 17.4. The van der Waals surface area contributed by atoms with Gasteiger partial charge >= 0.3 is 0 Å². The van der Waals surface area contributed by atoms with Gasteiger partial charge < -0.3 is 5.32 Å². The van der Waals surface area contributed by atoms with Crippen LogP contribution in [0.4, 0.5) is 5.69 Å². The number of benzene rings is 2. The summed E-state index contributed by atoms with van der Waals surface area (Å²) >= 11 is 1.77. The second kappa shape index (κ2) is 6.67. The number of anilines is 1. The Labute approximate surface area is 120 Å². The van der Waals surface area contributed by atoms with Crippen LogP contribution in [0, 0.1) is 0 Å². The Bertz CT molecular complexity index is 517. The monoisotopic (exact) mass is 271 g/mol. The second-order valence-corrected chi connectivity index (χ2v) is 5.86. The van der Waals surface area contributed by atoms with Crippen LogP contribution in [0.15, 0.2) is 53.4 Å². The summed E-state index contributed by atoms with van der Waals surface area (Å²) in [5, 5.41) is 3.47. The SMILES string of the molecule is CSc1cccc(NCc2ccc(C(C)C)cc2)c1. The Kier molecular flexibility index (Phi) is 4.92. The molecule has 0 aliphatic heterocycles. The van der Waals surface area contributed by atoms with Crippen molar-refractivity contribution in [1.29, 1.82) is 0 Å². The van der Waals surface area contributed by atoms with Crippen molar-refractivity contribution in [3.05, 3.63) is 59.7 Å². The normalized spacial score (nSPS) is 10.7. The van der Waals surface area contributed by atoms with Crippen molar-refractivity contribution < 1.29 is 0 Å². The molecule has 0 heterocycles. The third-order valence-electron chi connectivity index (χ3n) is 3.21. The van der Waals surface area contributed by atoms with E-state index in [9.17, 15) is 0 Å². The Balaban J connectivity index is 1.98. The highest BCUT2D eigenvalue weighted by atomic mass is 32.2. The summed E-state index contributed by atoms with van der Waals surface area (Å²) in [5.74, 6) is 0.597. The average Bonchev–Trinajstić information content (AvgIpc) is 2.46. The topological polar surface area (TPSA) is 12.0 Å². The Hall–Kier alpha value is -1.41. The zero-order chi connectivity index (χ0) is 13.7. The van der Waals surface area contributed by atoms with Gasteiger partial charge in [0.2, 0.25) is 0 Å². The lowest BCUT2D eigenvalue weighted by Crippen LogP contribution is -1.99. The van der Waals surface area contributed by atoms with E-state index >= 15 is 0 Å². The van der Waals surface area contributed by atoms with Crippen molar-refractivity contribution >= 4 is 17.4 Å². The predicted octanol–water partition coefficient (Wildman–Crippen LogP) is 5.14. The Morgan fingerprint density at radius 3 is 2.42 bits per heavy atom. The lowest BCUT2D eigenvalue weighted by atomic mass is 10.0. The largest absolute Gasteiger partial charge is 0.381 e. The van der Waals surface area contributed by atoms with E-state index in [-0.39, 0.29) is 0 Å². The zero-order valence-corrected chi connectivity index (χ0v) is 12.6. The van der Waals surface area contributed by atoms with Crippen molar-refractivity contribution in [3.8, 4) is 0 Å². The maximum absolute atomic E-state index is 3.47. The second-order valence-electron chi connectivity index (χ2n) is 4.98. The summed E-state index contributed by atoms with van der Waals surface area (Å²) in [4.78, 5) is 1.29. The molecule has 2 rings (SSSR count). The summed E-state index contributed by atoms with van der Waals surface area (Å²) in [6.07, 6.45) is 2.10. The average molecular weight is 271 g/mol. The summed E-state index contributed by atoms with van der Waals surface area (Å²) in [6.45, 7) is 5.32. The lowest BCUT2D eigenvalue weighted by Gasteiger charge is -2.09. The van der Waals surface area contributed by atoms with Crippen LogP contribution in [0.3, 0.4) is 0 Å². The highest BCUT2D eigenvalue weighted by Crippen LogP contribution is 2.20. The molecule has 0 atom stereocenters. The van der Waals surface area contributed by atoms with Gasteiger partial charge in [0.25, 0.3) is 0 Å². The van der Waals surface area contributed by atoms with Gasteiger partial charge in [-0.05, 0) is 41.5 Å². The minimum atomic E-state index is 0.597. The molecule has 0 fully saturated rings. The van der Waals surface area contributed by atoms with E-state index in [1.165, 1.54) is 21.7 Å². The van der Waals surface area contributed by atoms with Crippen LogP contribution < -0.4 is 5.32 Å². The number of nitrogens with one attached hydrogen (secondary N) is 1. The summed E-state index contributed by atoms with van der Waals surface area (Å²) in [7, 11) is 0. The van der Waals surface area contributed by atoms with Crippen LogP contribution in [-0.2, 0) is 6.54 Å². The van der Waals surface area contributed by atoms with E-state index < -0.39 is 0 Å². The third-order valence-corrected chi connectivity index (χ3v) is 3.94. The van der Waals surface area contributed by atoms with Crippen molar-refractivity contribution in [2.75, 3.05) is 11.6 Å². The predicted molar refractivity (Wildman–Crippen MR) is 86.1 cm³/mol. The van der Waals surface area contributed by atoms with Crippen LogP contribution in [0.25, 0.3) is 0 Å². The van der Waals surface area contributed by atoms with Crippen LogP contribution >= 0.6 is 11.8 Å². The van der Waals surface area contributed by atoms with Gasteiger partial charge in [0.15, 0.2) is 0 Å². The first-order chi connectivity index (χ1) is 9.19. The van der Waals surface area contributed by atoms with Crippen LogP contribution in [0.1, 0.15) is 30.9 Å². The van der Waals surface area contributed by atoms with E-state index in [0.717, 1.165) is 6.54 Å². The molecule has 0 spiro atoms. The van der Waals surface area contributed by atoms with E-state index in [1.54, 1.807) is 11.8 Å². The highest BCUT2D eigenvalue weighted by molar-refractivity contribution is 7.98. The molecule has 2 aromatic rings. The molecule has 0 saturated heterocycles. The standard InChI is InChI=1S/C17H21NS/c1-13(2)15-9-7-14(8-10-15)12-18-16-5-4-6-17(11-16)19-3/h4-11,13,18H,12H2,1-3H3. The van der Waals surface area contributed by atoms with Crippen molar-refractivity contribution in [2.24, 2.45) is 0 Å². The van der Waals surface area contributed by atoms with Gasteiger partial charge in [-0.3, -0.25) is 0 Å². The summed E-state index contributed by atoms with van der Waals surface area (Å²) in [5.41, 5.74) is 3.90. The molecule has 0 bridgehead atoms. The number of hydrogen-bond donors (Lipinski definition) is 1. The summed E-state index contributed by atoms with van der Waals surface area (Å²) < 4.78 is 0. The van der Waals surface area contributed by atoms with Gasteiger partial charge in [0.1, 0.15) is 0 Å². The highest BCUT2D eigenvalue weighted by Gasteiger charge is 1.99. The van der Waals surface area contributed by atoms with Gasteiger partial charge in [-0.25, -0.2) is 0 Å². The molecule has 0 unspecified atom stereocenters. The minimum Gasteiger partial charge on any atom is -0.381 e. The molecule has 2 aromatic carbocycles. The lowest BCUT2D eigenvalue weighted by molar-refractivity contribution is 0.865. The van der Waals surface area contributed by atoms with E-state index in [1.807, 2.05) is 0 Å². The first-order valence-electron chi connectivity index (χ1n) is 6.66. The quantitative estimate of drug-likeness (QED) is 0.755. The molecule has 0 aliphatic carbocycles. The maximum Gasteiger partial charge on any atom is 0.0400 e. The maximum atomic E-state index is 3.47. The number of hydrogen-bond acceptors (Lipinski definition) is 2. The molecule has 0 saturated carbocycles. The molecule has 100 valence electrons. The van der Waals surface area contributed by atoms with Crippen LogP contribution in [0.5, 0.6) is 0 Å². The van der Waals surface area contributed by atoms with E-state index in [0.29, 0.717) is 5.92 Å². The van der Waals surface area contributed by atoms with Gasteiger partial charge in [-0.2, -0.15) is 0 Å². The molecule has 0 aromatic heterocycles. The molecular weight excluding hydrogens is 250 g/mol. The minimum absolute atomic E-state index is 0.597. The fourth-order valence-electron chi connectivity index (χ4n) is 1.96. The molecule has 0 aliphatic rings.